The molecule has 6 heteroatoms. The Morgan fingerprint density at radius 2 is 1.92 bits per heavy atom. The van der Waals surface area contributed by atoms with Crippen molar-refractivity contribution >= 4 is 17.5 Å². The predicted molar refractivity (Wildman–Crippen MR) is 100 cm³/mol. The van der Waals surface area contributed by atoms with Gasteiger partial charge in [0.25, 0.3) is 5.91 Å². The Hall–Kier alpha value is -2.11. The SMILES string of the molecule is COc1ccc(C(CNC(=O)c2ccc(F)cc2Cl)N2CCCC2)cc1. The quantitative estimate of drug-likeness (QED) is 0.826. The molecule has 1 saturated heterocycles. The Morgan fingerprint density at radius 3 is 2.54 bits per heavy atom. The van der Waals surface area contributed by atoms with Crippen LogP contribution in [0.2, 0.25) is 5.02 Å². The minimum atomic E-state index is -0.459. The van der Waals surface area contributed by atoms with Crippen molar-refractivity contribution in [1.82, 2.24) is 10.2 Å². The summed E-state index contributed by atoms with van der Waals surface area (Å²) in [4.78, 5) is 14.8. The molecule has 2 aromatic rings. The lowest BCUT2D eigenvalue weighted by Gasteiger charge is -2.28. The summed E-state index contributed by atoms with van der Waals surface area (Å²) in [7, 11) is 1.64. The molecule has 1 heterocycles. The van der Waals surface area contributed by atoms with Gasteiger partial charge in [0, 0.05) is 6.54 Å². The monoisotopic (exact) mass is 376 g/mol. The minimum absolute atomic E-state index is 0.0755. The lowest BCUT2D eigenvalue weighted by Crippen LogP contribution is -2.36. The van der Waals surface area contributed by atoms with E-state index in [9.17, 15) is 9.18 Å². The van der Waals surface area contributed by atoms with E-state index in [1.807, 2.05) is 24.3 Å². The number of nitrogens with zero attached hydrogens (tertiary/aromatic N) is 1. The van der Waals surface area contributed by atoms with E-state index in [1.165, 1.54) is 12.1 Å². The topological polar surface area (TPSA) is 41.6 Å². The van der Waals surface area contributed by atoms with E-state index in [2.05, 4.69) is 10.2 Å². The Bertz CT molecular complexity index is 761. The van der Waals surface area contributed by atoms with Gasteiger partial charge in [0.1, 0.15) is 11.6 Å². The largest absolute Gasteiger partial charge is 0.497 e. The summed E-state index contributed by atoms with van der Waals surface area (Å²) in [5.41, 5.74) is 1.40. The highest BCUT2D eigenvalue weighted by molar-refractivity contribution is 6.33. The van der Waals surface area contributed by atoms with Crippen LogP contribution in [0.4, 0.5) is 4.39 Å². The fourth-order valence-corrected chi connectivity index (χ4v) is 3.55. The molecule has 1 unspecified atom stereocenters. The standard InChI is InChI=1S/C20H22ClFN2O2/c1-26-16-7-4-14(5-8-16)19(24-10-2-3-11-24)13-23-20(25)17-9-6-15(22)12-18(17)21/h4-9,12,19H,2-3,10-11,13H2,1H3,(H,23,25). The molecule has 4 nitrogen and oxygen atoms in total. The van der Waals surface area contributed by atoms with Gasteiger partial charge < -0.3 is 10.1 Å². The zero-order chi connectivity index (χ0) is 18.5. The number of nitrogens with one attached hydrogen (secondary N) is 1. The fraction of sp³-hybridized carbons (Fsp3) is 0.350. The van der Waals surface area contributed by atoms with E-state index in [0.717, 1.165) is 43.3 Å². The van der Waals surface area contributed by atoms with E-state index >= 15 is 0 Å². The van der Waals surface area contributed by atoms with Crippen molar-refractivity contribution in [2.24, 2.45) is 0 Å². The molecule has 138 valence electrons. The maximum Gasteiger partial charge on any atom is 0.252 e. The first-order chi connectivity index (χ1) is 12.6. The van der Waals surface area contributed by atoms with Gasteiger partial charge in [0.05, 0.1) is 23.7 Å². The summed E-state index contributed by atoms with van der Waals surface area (Å²) in [5, 5.41) is 3.06. The molecular weight excluding hydrogens is 355 g/mol. The molecule has 1 N–H and O–H groups in total. The predicted octanol–water partition coefficient (Wildman–Crippen LogP) is 4.05. The average molecular weight is 377 g/mol. The molecule has 1 atom stereocenters. The number of benzene rings is 2. The molecule has 26 heavy (non-hydrogen) atoms. The van der Waals surface area contributed by atoms with Gasteiger partial charge in [-0.2, -0.15) is 0 Å². The summed E-state index contributed by atoms with van der Waals surface area (Å²) in [6, 6.07) is 11.8. The molecule has 0 spiro atoms. The van der Waals surface area contributed by atoms with Crippen molar-refractivity contribution in [2.75, 3.05) is 26.7 Å². The van der Waals surface area contributed by atoms with Crippen LogP contribution in [0.15, 0.2) is 42.5 Å². The fourth-order valence-electron chi connectivity index (χ4n) is 3.30. The number of hydrogen-bond donors (Lipinski definition) is 1. The van der Waals surface area contributed by atoms with Gasteiger partial charge in [0.2, 0.25) is 0 Å². The Balaban J connectivity index is 1.73. The molecule has 1 aliphatic rings. The van der Waals surface area contributed by atoms with Crippen LogP contribution in [0, 0.1) is 5.82 Å². The first-order valence-corrected chi connectivity index (χ1v) is 9.07. The molecule has 3 rings (SSSR count). The molecule has 0 bridgehead atoms. The Kier molecular flexibility index (Phi) is 6.12. The van der Waals surface area contributed by atoms with E-state index in [4.69, 9.17) is 16.3 Å². The van der Waals surface area contributed by atoms with Crippen molar-refractivity contribution in [3.8, 4) is 5.75 Å². The Labute approximate surface area is 157 Å². The summed E-state index contributed by atoms with van der Waals surface area (Å²) in [6.07, 6.45) is 2.31. The van der Waals surface area contributed by atoms with Crippen molar-refractivity contribution in [3.05, 3.63) is 64.4 Å². The third-order valence-corrected chi connectivity index (χ3v) is 5.03. The van der Waals surface area contributed by atoms with Gasteiger partial charge >= 0.3 is 0 Å². The number of ether oxygens (including phenoxy) is 1. The smallest absolute Gasteiger partial charge is 0.252 e. The van der Waals surface area contributed by atoms with Gasteiger partial charge in [-0.05, 0) is 61.8 Å². The van der Waals surface area contributed by atoms with Crippen LogP contribution in [0.25, 0.3) is 0 Å². The van der Waals surface area contributed by atoms with E-state index in [-0.39, 0.29) is 22.5 Å². The number of hydrogen-bond acceptors (Lipinski definition) is 3. The molecule has 1 fully saturated rings. The number of halogens is 2. The molecule has 0 saturated carbocycles. The highest BCUT2D eigenvalue weighted by Crippen LogP contribution is 2.26. The maximum absolute atomic E-state index is 13.2. The molecule has 0 aromatic heterocycles. The second-order valence-electron chi connectivity index (χ2n) is 6.37. The second kappa shape index (κ2) is 8.52. The van der Waals surface area contributed by atoms with Crippen LogP contribution < -0.4 is 10.1 Å². The summed E-state index contributed by atoms with van der Waals surface area (Å²) in [6.45, 7) is 2.46. The number of carbonyl (C=O) groups excluding carboxylic acids is 1. The van der Waals surface area contributed by atoms with Crippen LogP contribution in [-0.4, -0.2) is 37.6 Å². The van der Waals surface area contributed by atoms with Gasteiger partial charge in [-0.1, -0.05) is 23.7 Å². The zero-order valence-corrected chi connectivity index (χ0v) is 15.4. The van der Waals surface area contributed by atoms with Crippen molar-refractivity contribution < 1.29 is 13.9 Å². The van der Waals surface area contributed by atoms with Gasteiger partial charge in [-0.15, -0.1) is 0 Å². The van der Waals surface area contributed by atoms with Crippen LogP contribution in [0.1, 0.15) is 34.8 Å². The summed E-state index contributed by atoms with van der Waals surface area (Å²) in [5.74, 6) is 0.0449. The van der Waals surface area contributed by atoms with Crippen LogP contribution in [0.5, 0.6) is 5.75 Å². The molecular formula is C20H22ClFN2O2. The number of amides is 1. The third kappa shape index (κ3) is 4.34. The van der Waals surface area contributed by atoms with Gasteiger partial charge in [-0.25, -0.2) is 4.39 Å². The maximum atomic E-state index is 13.2. The van der Waals surface area contributed by atoms with Crippen molar-refractivity contribution in [1.29, 1.82) is 0 Å². The van der Waals surface area contributed by atoms with Crippen molar-refractivity contribution in [3.63, 3.8) is 0 Å². The first-order valence-electron chi connectivity index (χ1n) is 8.69. The van der Waals surface area contributed by atoms with Crippen LogP contribution >= 0.6 is 11.6 Å². The molecule has 0 aliphatic carbocycles. The second-order valence-corrected chi connectivity index (χ2v) is 6.77. The molecule has 2 aromatic carbocycles. The van der Waals surface area contributed by atoms with E-state index in [1.54, 1.807) is 7.11 Å². The zero-order valence-electron chi connectivity index (χ0n) is 14.7. The lowest BCUT2D eigenvalue weighted by atomic mass is 10.0. The number of carbonyl (C=O) groups is 1. The molecule has 0 radical (unpaired) electrons. The van der Waals surface area contributed by atoms with E-state index in [0.29, 0.717) is 6.54 Å². The number of rotatable bonds is 6. The third-order valence-electron chi connectivity index (χ3n) is 4.71. The van der Waals surface area contributed by atoms with Crippen molar-refractivity contribution in [2.45, 2.75) is 18.9 Å². The van der Waals surface area contributed by atoms with Gasteiger partial charge in [0.15, 0.2) is 0 Å². The van der Waals surface area contributed by atoms with Crippen LogP contribution in [0.3, 0.4) is 0 Å². The summed E-state index contributed by atoms with van der Waals surface area (Å²) >= 11 is 5.99. The van der Waals surface area contributed by atoms with E-state index < -0.39 is 5.82 Å². The Morgan fingerprint density at radius 1 is 1.23 bits per heavy atom. The highest BCUT2D eigenvalue weighted by atomic mass is 35.5. The normalized spacial score (nSPS) is 15.7. The molecule has 1 aliphatic heterocycles. The number of methoxy groups -OCH3 is 1. The van der Waals surface area contributed by atoms with Gasteiger partial charge in [-0.3, -0.25) is 9.69 Å². The molecule has 1 amide bonds. The first kappa shape index (κ1) is 18.7. The minimum Gasteiger partial charge on any atom is -0.497 e. The highest BCUT2D eigenvalue weighted by Gasteiger charge is 2.24. The number of likely N-dealkylation sites (tertiary alicyclic amines) is 1. The summed E-state index contributed by atoms with van der Waals surface area (Å²) < 4.78 is 18.4. The lowest BCUT2D eigenvalue weighted by molar-refractivity contribution is 0.0938. The average Bonchev–Trinajstić information content (AvgIpc) is 3.16. The van der Waals surface area contributed by atoms with Crippen LogP contribution in [-0.2, 0) is 0 Å².